The Morgan fingerprint density at radius 2 is 1.34 bits per heavy atom. The Balaban J connectivity index is 0.00000273. The Morgan fingerprint density at radius 3 is 2.00 bits per heavy atom. The van der Waals surface area contributed by atoms with Crippen LogP contribution in [0.25, 0.3) is 22.0 Å². The van der Waals surface area contributed by atoms with E-state index in [9.17, 15) is 54.9 Å². The number of aromatic nitrogens is 4. The van der Waals surface area contributed by atoms with Crippen LogP contribution in [0.3, 0.4) is 0 Å². The second kappa shape index (κ2) is 26.8. The molecule has 0 saturated carbocycles. The number of nitriles is 1. The average Bonchev–Trinajstić information content (AvgIpc) is 3.35. The van der Waals surface area contributed by atoms with Gasteiger partial charge in [-0.2, -0.15) is 28.9 Å². The number of nitrogens with zero attached hydrogens (tertiary/aromatic N) is 6. The first-order chi connectivity index (χ1) is 34.9. The van der Waals surface area contributed by atoms with Crippen LogP contribution in [0.15, 0.2) is 120 Å². The van der Waals surface area contributed by atoms with E-state index in [4.69, 9.17) is 10.7 Å². The number of carbonyl (C=O) groups excluding carboxylic acids is 1. The molecule has 374 valence electrons. The molecule has 7 N–H and O–H groups in total. The number of sulfonamides is 1. The maximum atomic E-state index is 14.8. The Kier molecular flexibility index (Phi) is 22.3. The van der Waals surface area contributed by atoms with Crippen molar-refractivity contribution in [1.82, 2.24) is 24.7 Å². The molecule has 0 atom stereocenters. The van der Waals surface area contributed by atoms with Crippen LogP contribution >= 0.6 is 24.1 Å². The molecule has 0 spiro atoms. The topological polar surface area (TPSA) is 423 Å². The molecule has 0 unspecified atom stereocenters. The standard InChI is InChI=1S/C41H30N12O15S5.4Na/c42-14-5-15-44-37-35(38-46-22-8-3-4-9-30(22)71(57,58)53-38)32-20-6-1-2-7-21(20)36(54)34-24(12-11-23(47-37)33(32)34)45-26-17-27(31(73(62,63)64)18-29(26)70-68-66-56)49-41-51-39(43)50-40(52-41)48-25-16-19(72(59,60)61)10-13-28(25)69-67-65-55;;;;/h1-4,6-13,16-18,45,55-56H,5,15H2,(H,44,47)(H,46,53)(H,59,60,61)(H,62,63,64)(H4,43,48,49,50,51,52);;;;/q;4*+1/p-4. The van der Waals surface area contributed by atoms with Crippen molar-refractivity contribution in [2.75, 3.05) is 33.5 Å². The number of nitrogens with two attached hydrogens (primary N) is 1. The number of ketones is 1. The van der Waals surface area contributed by atoms with Crippen LogP contribution in [0.1, 0.15) is 27.9 Å². The van der Waals surface area contributed by atoms with Gasteiger partial charge in [0.1, 0.15) is 30.9 Å². The maximum absolute atomic E-state index is 14.8. The van der Waals surface area contributed by atoms with E-state index in [-0.39, 0.29) is 220 Å². The van der Waals surface area contributed by atoms with E-state index in [0.717, 1.165) is 30.3 Å². The molecular weight excluding hydrogens is 1150 g/mol. The number of hydrogen-bond acceptors (Lipinski definition) is 28. The zero-order chi connectivity index (χ0) is 51.8. The number of carbonyl (C=O) groups is 1. The monoisotopic (exact) mass is 1180 g/mol. The predicted molar refractivity (Wildman–Crippen MR) is 251 cm³/mol. The molecule has 2 aliphatic rings. The third kappa shape index (κ3) is 13.9. The van der Waals surface area contributed by atoms with Crippen molar-refractivity contribution in [3.05, 3.63) is 108 Å². The van der Waals surface area contributed by atoms with Crippen LogP contribution < -0.4 is 160 Å². The SMILES string of the molecule is N#CCCNc1nc2ccc(Nc3cc(Nc4nc(N)nc(Nc5cc(S(=O)(=O)[O-])ccc5SOO[O-])n4)c(S(=O)(=O)[O-])cc3SOO[O-])c3c2c(c1C1=Nc2ccccc2S(=O)(=O)N1)-c1ccccc1C3=O.[Na+].[Na+].[Na+].[Na+]. The predicted octanol–water partition coefficient (Wildman–Crippen LogP) is -8.57. The van der Waals surface area contributed by atoms with E-state index in [2.05, 4.69) is 64.7 Å². The van der Waals surface area contributed by atoms with Crippen LogP contribution in [-0.4, -0.2) is 72.5 Å². The van der Waals surface area contributed by atoms with Gasteiger partial charge in [0.05, 0.1) is 101 Å². The molecule has 9 rings (SSSR count). The Bertz CT molecular complexity index is 3890. The molecule has 3 heterocycles. The van der Waals surface area contributed by atoms with E-state index < -0.39 is 69.4 Å². The van der Waals surface area contributed by atoms with Gasteiger partial charge in [0.15, 0.2) is 11.6 Å². The summed E-state index contributed by atoms with van der Waals surface area (Å²) >= 11 is 0.459. The number of hydrogen-bond donors (Lipinski definition) is 6. The molecule has 77 heavy (non-hydrogen) atoms. The van der Waals surface area contributed by atoms with Crippen molar-refractivity contribution in [3.8, 4) is 17.2 Å². The summed E-state index contributed by atoms with van der Waals surface area (Å²) in [5.41, 5.74) is 6.19. The van der Waals surface area contributed by atoms with Crippen LogP contribution in [0.4, 0.5) is 52.1 Å². The zero-order valence-electron chi connectivity index (χ0n) is 40.0. The van der Waals surface area contributed by atoms with E-state index in [0.29, 0.717) is 23.2 Å². The summed E-state index contributed by atoms with van der Waals surface area (Å²) < 4.78 is 113. The van der Waals surface area contributed by atoms with Gasteiger partial charge in [-0.25, -0.2) is 35.2 Å². The van der Waals surface area contributed by atoms with E-state index in [1.165, 1.54) is 36.4 Å². The Labute approximate surface area is 533 Å². The first-order valence-electron chi connectivity index (χ1n) is 20.2. The minimum absolute atomic E-state index is 0. The van der Waals surface area contributed by atoms with Gasteiger partial charge in [0.25, 0.3) is 10.0 Å². The number of para-hydroxylation sites is 1. The van der Waals surface area contributed by atoms with Crippen LogP contribution in [-0.2, 0) is 49.0 Å². The fourth-order valence-electron chi connectivity index (χ4n) is 7.66. The third-order valence-corrected chi connectivity index (χ3v) is 14.9. The summed E-state index contributed by atoms with van der Waals surface area (Å²) in [5, 5.41) is 49.5. The second-order valence-corrected chi connectivity index (χ2v) is 20.8. The van der Waals surface area contributed by atoms with Crippen molar-refractivity contribution in [2.45, 2.75) is 30.9 Å². The van der Waals surface area contributed by atoms with Gasteiger partial charge in [0, 0.05) is 23.1 Å². The number of nitrogens with one attached hydrogen (secondary N) is 5. The number of anilines is 8. The summed E-state index contributed by atoms with van der Waals surface area (Å²) in [4.78, 5) is 34.2. The first kappa shape index (κ1) is 64.2. The summed E-state index contributed by atoms with van der Waals surface area (Å²) in [6.45, 7) is 0.0683. The van der Waals surface area contributed by atoms with Gasteiger partial charge in [-0.15, -0.1) is 0 Å². The molecule has 2 aromatic heterocycles. The van der Waals surface area contributed by atoms with Gasteiger partial charge in [-0.05, 0) is 60.2 Å². The number of pyridine rings is 1. The van der Waals surface area contributed by atoms with E-state index >= 15 is 0 Å². The summed E-state index contributed by atoms with van der Waals surface area (Å²) in [6, 6.07) is 22.1. The minimum Gasteiger partial charge on any atom is -0.744 e. The molecule has 0 radical (unpaired) electrons. The molecule has 5 aromatic carbocycles. The molecule has 1 aliphatic carbocycles. The maximum Gasteiger partial charge on any atom is 1.00 e. The van der Waals surface area contributed by atoms with Crippen molar-refractivity contribution < 1.29 is 187 Å². The number of benzene rings is 5. The Hall–Kier alpha value is -3.62. The molecule has 7 aromatic rings. The number of rotatable bonds is 18. The molecule has 27 nitrogen and oxygen atoms in total. The van der Waals surface area contributed by atoms with Gasteiger partial charge in [0.2, 0.25) is 17.8 Å². The fourth-order valence-corrected chi connectivity index (χ4v) is 10.9. The number of amidine groups is 1. The first-order valence-corrected chi connectivity index (χ1v) is 26.0. The van der Waals surface area contributed by atoms with Crippen molar-refractivity contribution in [1.29, 1.82) is 5.26 Å². The fraction of sp³-hybridized carbons (Fsp3) is 0.0488. The van der Waals surface area contributed by atoms with E-state index in [1.807, 2.05) is 6.07 Å². The van der Waals surface area contributed by atoms with E-state index in [1.54, 1.807) is 24.3 Å². The molecule has 0 saturated heterocycles. The van der Waals surface area contributed by atoms with Crippen LogP contribution in [0.5, 0.6) is 0 Å². The van der Waals surface area contributed by atoms with Gasteiger partial charge >= 0.3 is 118 Å². The molecule has 0 fully saturated rings. The van der Waals surface area contributed by atoms with Gasteiger partial charge in [-0.3, -0.25) is 19.6 Å². The largest absolute Gasteiger partial charge is 1.00 e. The minimum atomic E-state index is -5.46. The Morgan fingerprint density at radius 1 is 0.701 bits per heavy atom. The van der Waals surface area contributed by atoms with Crippen molar-refractivity contribution in [2.24, 2.45) is 4.99 Å². The number of fused-ring (bicyclic) bond motifs is 3. The van der Waals surface area contributed by atoms with Gasteiger partial charge in [-0.1, -0.05) is 36.4 Å². The molecule has 0 amide bonds. The van der Waals surface area contributed by atoms with Crippen molar-refractivity contribution in [3.63, 3.8) is 0 Å². The van der Waals surface area contributed by atoms with Gasteiger partial charge < -0.3 is 46.6 Å². The molecule has 36 heteroatoms. The zero-order valence-corrected chi connectivity index (χ0v) is 52.1. The summed E-state index contributed by atoms with van der Waals surface area (Å²) in [6.07, 6.45) is 0.0187. The average molecular weight is 1180 g/mol. The van der Waals surface area contributed by atoms with Crippen molar-refractivity contribution >= 4 is 129 Å². The molecule has 0 bridgehead atoms. The molecular formula is C41H26N12Na4O15S5. The normalized spacial score (nSPS) is 12.8. The summed E-state index contributed by atoms with van der Waals surface area (Å²) in [7, 11) is -14.7. The molecule has 1 aliphatic heterocycles. The summed E-state index contributed by atoms with van der Waals surface area (Å²) in [5.74, 6) is -2.20. The second-order valence-electron chi connectivity index (χ2n) is 14.9. The smallest absolute Gasteiger partial charge is 0.744 e. The van der Waals surface area contributed by atoms with Crippen LogP contribution in [0.2, 0.25) is 0 Å². The third-order valence-electron chi connectivity index (χ3n) is 10.5. The number of nitrogen functional groups attached to an aromatic ring is 1. The number of aliphatic imine (C=N–C) groups is 1. The van der Waals surface area contributed by atoms with Crippen LogP contribution in [0, 0.1) is 11.3 Å². The quantitative estimate of drug-likeness (QED) is 0.0116.